The van der Waals surface area contributed by atoms with Crippen molar-refractivity contribution >= 4 is 34.1 Å². The maximum Gasteiger partial charge on any atom is 0.363 e. The molecule has 2 unspecified atom stereocenters. The van der Waals surface area contributed by atoms with E-state index in [0.717, 1.165) is 16.7 Å². The molecular formula is C45H61BN3O13P. The SMILES string of the molecule is COc1ccc(C(OCC(COP(OCCC#N)N(C(C)C)C(C)C)NBO[C@H]2C[C@@H](OC(C)=O)[C@@H](OC(C)=O)[C@@H](COC(C)=O)O2)(c2ccccc2)c2ccc(OC)cc2)cc1. The van der Waals surface area contributed by atoms with Gasteiger partial charge in [-0.25, -0.2) is 4.67 Å². The van der Waals surface area contributed by atoms with Crippen LogP contribution in [0.2, 0.25) is 0 Å². The second kappa shape index (κ2) is 25.6. The fraction of sp³-hybridized carbons (Fsp3) is 0.511. The third kappa shape index (κ3) is 15.0. The molecular weight excluding hydrogens is 832 g/mol. The van der Waals surface area contributed by atoms with Crippen molar-refractivity contribution in [2.24, 2.45) is 0 Å². The maximum atomic E-state index is 12.2. The normalized spacial score (nSPS) is 18.6. The molecule has 6 atom stereocenters. The van der Waals surface area contributed by atoms with Crippen molar-refractivity contribution in [1.82, 2.24) is 9.90 Å². The Morgan fingerprint density at radius 3 is 1.90 bits per heavy atom. The Balaban J connectivity index is 1.72. The molecule has 4 rings (SSSR count). The van der Waals surface area contributed by atoms with Gasteiger partial charge in [-0.1, -0.05) is 54.6 Å². The number of nitrogens with one attached hydrogen (secondary N) is 1. The van der Waals surface area contributed by atoms with Gasteiger partial charge in [-0.05, 0) is 68.7 Å². The van der Waals surface area contributed by atoms with Crippen LogP contribution >= 0.6 is 8.53 Å². The van der Waals surface area contributed by atoms with Gasteiger partial charge in [-0.15, -0.1) is 0 Å². The number of esters is 3. The highest BCUT2D eigenvalue weighted by Gasteiger charge is 2.44. The second-order valence-electron chi connectivity index (χ2n) is 15.2. The summed E-state index contributed by atoms with van der Waals surface area (Å²) in [5.74, 6) is -0.436. The molecule has 63 heavy (non-hydrogen) atoms. The van der Waals surface area contributed by atoms with Gasteiger partial charge in [0.2, 0.25) is 0 Å². The minimum atomic E-state index is -1.64. The number of nitriles is 1. The van der Waals surface area contributed by atoms with E-state index in [1.807, 2.05) is 78.9 Å². The van der Waals surface area contributed by atoms with Gasteiger partial charge in [0.1, 0.15) is 42.2 Å². The van der Waals surface area contributed by atoms with E-state index >= 15 is 0 Å². The fourth-order valence-electron chi connectivity index (χ4n) is 7.20. The quantitative estimate of drug-likeness (QED) is 0.0257. The van der Waals surface area contributed by atoms with Crippen molar-refractivity contribution in [3.05, 3.63) is 95.6 Å². The molecule has 1 aliphatic rings. The predicted molar refractivity (Wildman–Crippen MR) is 236 cm³/mol. The summed E-state index contributed by atoms with van der Waals surface area (Å²) in [5.41, 5.74) is 1.36. The molecule has 0 aliphatic carbocycles. The smallest absolute Gasteiger partial charge is 0.363 e. The minimum Gasteiger partial charge on any atom is -0.497 e. The second-order valence-corrected chi connectivity index (χ2v) is 16.7. The first-order valence-electron chi connectivity index (χ1n) is 20.9. The minimum absolute atomic E-state index is 0.00920. The largest absolute Gasteiger partial charge is 0.497 e. The first-order valence-corrected chi connectivity index (χ1v) is 22.0. The van der Waals surface area contributed by atoms with Crippen LogP contribution in [0.3, 0.4) is 0 Å². The Bertz CT molecular complexity index is 1850. The lowest BCUT2D eigenvalue weighted by molar-refractivity contribution is -0.246. The average Bonchev–Trinajstić information content (AvgIpc) is 3.25. The zero-order valence-corrected chi connectivity index (χ0v) is 38.5. The summed E-state index contributed by atoms with van der Waals surface area (Å²) in [6.45, 7) is 12.0. The number of ether oxygens (including phenoxy) is 7. The summed E-state index contributed by atoms with van der Waals surface area (Å²) in [6, 6.07) is 27.0. The number of hydrogen-bond acceptors (Lipinski definition) is 16. The van der Waals surface area contributed by atoms with Gasteiger partial charge >= 0.3 is 25.5 Å². The van der Waals surface area contributed by atoms with E-state index < -0.39 is 62.7 Å². The van der Waals surface area contributed by atoms with E-state index in [1.54, 1.807) is 14.2 Å². The molecule has 3 aromatic carbocycles. The van der Waals surface area contributed by atoms with E-state index in [0.29, 0.717) is 11.5 Å². The van der Waals surface area contributed by atoms with Crippen LogP contribution in [0.15, 0.2) is 78.9 Å². The van der Waals surface area contributed by atoms with Crippen LogP contribution in [0.1, 0.15) is 78.0 Å². The van der Waals surface area contributed by atoms with Crippen LogP contribution in [0.25, 0.3) is 0 Å². The number of carbonyl (C=O) groups is 3. The third-order valence-corrected chi connectivity index (χ3v) is 12.0. The molecule has 0 radical (unpaired) electrons. The lowest BCUT2D eigenvalue weighted by Gasteiger charge is -2.40. The van der Waals surface area contributed by atoms with Crippen molar-refractivity contribution in [2.75, 3.05) is 40.6 Å². The van der Waals surface area contributed by atoms with Crippen LogP contribution in [0.5, 0.6) is 11.5 Å². The Morgan fingerprint density at radius 1 is 0.825 bits per heavy atom. The molecule has 1 saturated heterocycles. The topological polar surface area (TPSA) is 183 Å². The van der Waals surface area contributed by atoms with Gasteiger partial charge in [0, 0.05) is 45.3 Å². The molecule has 0 saturated carbocycles. The standard InChI is InChI=1S/C45H61BN3O13P/c1-30(2)49(31(3)4)63(57-25-13-24-47)58-28-38(48-46-62-43-26-41(59-33(6)51)44(60-34(7)52)42(61-43)29-55-32(5)50)27-56-45(35-14-11-10-12-15-35,36-16-20-39(53-8)21-17-36)37-18-22-40(54-9)23-19-37/h10-12,14-23,30-31,38,41-44,46,48H,13,25-29H2,1-9H3/t38?,41-,42-,43+,44-,63?/m1/s1. The number of rotatable bonds is 25. The van der Waals surface area contributed by atoms with E-state index in [1.165, 1.54) is 20.8 Å². The van der Waals surface area contributed by atoms with Crippen LogP contribution in [-0.2, 0) is 57.4 Å². The summed E-state index contributed by atoms with van der Waals surface area (Å²) in [7, 11) is 1.48. The number of methoxy groups -OCH3 is 2. The zero-order valence-electron chi connectivity index (χ0n) is 37.6. The van der Waals surface area contributed by atoms with Crippen LogP contribution in [0, 0.1) is 11.3 Å². The number of carbonyl (C=O) groups excluding carboxylic acids is 3. The van der Waals surface area contributed by atoms with Crippen molar-refractivity contribution in [1.29, 1.82) is 5.26 Å². The predicted octanol–water partition coefficient (Wildman–Crippen LogP) is 6.09. The molecule has 3 aromatic rings. The van der Waals surface area contributed by atoms with Gasteiger partial charge in [0.05, 0.1) is 46.5 Å². The van der Waals surface area contributed by atoms with Crippen molar-refractivity contribution < 1.29 is 61.2 Å². The lowest BCUT2D eigenvalue weighted by atomic mass is 9.80. The molecule has 1 aliphatic heterocycles. The molecule has 0 aromatic heterocycles. The van der Waals surface area contributed by atoms with Gasteiger partial charge in [-0.3, -0.25) is 14.4 Å². The summed E-state index contributed by atoms with van der Waals surface area (Å²) in [5, 5.41) is 12.7. The third-order valence-electron chi connectivity index (χ3n) is 9.92. The van der Waals surface area contributed by atoms with Gasteiger partial charge in [0.15, 0.2) is 6.10 Å². The molecule has 1 heterocycles. The fourth-order valence-corrected chi connectivity index (χ4v) is 8.85. The maximum absolute atomic E-state index is 12.2. The van der Waals surface area contributed by atoms with E-state index in [-0.39, 0.29) is 59.0 Å². The highest BCUT2D eigenvalue weighted by Crippen LogP contribution is 2.46. The van der Waals surface area contributed by atoms with Crippen LogP contribution in [0.4, 0.5) is 0 Å². The molecule has 0 amide bonds. The van der Waals surface area contributed by atoms with Crippen molar-refractivity contribution in [3.8, 4) is 17.6 Å². The highest BCUT2D eigenvalue weighted by molar-refractivity contribution is 7.44. The lowest BCUT2D eigenvalue weighted by Crippen LogP contribution is -2.55. The molecule has 1 fully saturated rings. The Kier molecular flexibility index (Phi) is 20.7. The summed E-state index contributed by atoms with van der Waals surface area (Å²) >= 11 is 0. The number of hydrogen-bond donors (Lipinski definition) is 1. The zero-order chi connectivity index (χ0) is 45.9. The number of nitrogens with zero attached hydrogens (tertiary/aromatic N) is 2. The van der Waals surface area contributed by atoms with Gasteiger partial charge in [0.25, 0.3) is 8.53 Å². The first-order chi connectivity index (χ1) is 30.2. The Hall–Kier alpha value is -4.63. The van der Waals surface area contributed by atoms with Crippen molar-refractivity contribution in [3.63, 3.8) is 0 Å². The van der Waals surface area contributed by atoms with Crippen LogP contribution < -0.4 is 14.7 Å². The molecule has 1 N–H and O–H groups in total. The molecule has 16 nitrogen and oxygen atoms in total. The van der Waals surface area contributed by atoms with Gasteiger partial charge in [-0.2, -0.15) is 5.26 Å². The van der Waals surface area contributed by atoms with Crippen molar-refractivity contribution in [2.45, 2.75) is 110 Å². The molecule has 342 valence electrons. The molecule has 18 heteroatoms. The number of benzene rings is 3. The highest BCUT2D eigenvalue weighted by atomic mass is 31.2. The summed E-state index contributed by atoms with van der Waals surface area (Å²) in [6.07, 6.45) is -3.80. The first kappa shape index (κ1) is 51.0. The Labute approximate surface area is 372 Å². The van der Waals surface area contributed by atoms with E-state index in [4.69, 9.17) is 46.9 Å². The average molecular weight is 894 g/mol. The monoisotopic (exact) mass is 893 g/mol. The summed E-state index contributed by atoms with van der Waals surface area (Å²) < 4.78 is 62.0. The van der Waals surface area contributed by atoms with E-state index in [9.17, 15) is 19.6 Å². The Morgan fingerprint density at radius 2 is 1.40 bits per heavy atom. The van der Waals surface area contributed by atoms with E-state index in [2.05, 4.69) is 43.7 Å². The van der Waals surface area contributed by atoms with Gasteiger partial charge < -0.3 is 52.1 Å². The molecule has 0 bridgehead atoms. The van der Waals surface area contributed by atoms with Crippen LogP contribution in [-0.4, -0.2) is 114 Å². The summed E-state index contributed by atoms with van der Waals surface area (Å²) in [4.78, 5) is 36.1. The molecule has 0 spiro atoms.